The van der Waals surface area contributed by atoms with E-state index in [9.17, 15) is 22.0 Å². The molecule has 0 radical (unpaired) electrons. The Hall–Kier alpha value is -1.74. The molecule has 1 aliphatic heterocycles. The molecular formula is C14H18F2N2O4S. The number of amides is 1. The Morgan fingerprint density at radius 3 is 2.65 bits per heavy atom. The molecule has 1 amide bonds. The predicted molar refractivity (Wildman–Crippen MR) is 80.0 cm³/mol. The van der Waals surface area contributed by atoms with Crippen molar-refractivity contribution in [1.82, 2.24) is 10.2 Å². The number of hydrogen-bond donors (Lipinski definition) is 1. The number of alkyl halides is 2. The van der Waals surface area contributed by atoms with Gasteiger partial charge >= 0.3 is 6.61 Å². The van der Waals surface area contributed by atoms with Crippen molar-refractivity contribution in [2.75, 3.05) is 31.1 Å². The summed E-state index contributed by atoms with van der Waals surface area (Å²) in [6, 6.07) is 6.09. The predicted octanol–water partition coefficient (Wildman–Crippen LogP) is 0.635. The highest BCUT2D eigenvalue weighted by atomic mass is 32.2. The van der Waals surface area contributed by atoms with Crippen LogP contribution < -0.4 is 10.1 Å². The van der Waals surface area contributed by atoms with Gasteiger partial charge in [0.25, 0.3) is 0 Å². The summed E-state index contributed by atoms with van der Waals surface area (Å²) in [6.45, 7) is -1.91. The van der Waals surface area contributed by atoms with Crippen LogP contribution in [0, 0.1) is 0 Å². The molecule has 1 N–H and O–H groups in total. The first-order valence-electron chi connectivity index (χ1n) is 7.07. The summed E-state index contributed by atoms with van der Waals surface area (Å²) in [7, 11) is -2.97. The summed E-state index contributed by atoms with van der Waals surface area (Å²) >= 11 is 0. The van der Waals surface area contributed by atoms with Crippen LogP contribution in [0.4, 0.5) is 8.78 Å². The van der Waals surface area contributed by atoms with Crippen LogP contribution in [-0.2, 0) is 21.2 Å². The lowest BCUT2D eigenvalue weighted by Crippen LogP contribution is -2.45. The number of rotatable bonds is 6. The van der Waals surface area contributed by atoms with Gasteiger partial charge in [0.15, 0.2) is 9.84 Å². The second-order valence-corrected chi connectivity index (χ2v) is 7.53. The molecule has 0 spiro atoms. The minimum absolute atomic E-state index is 0.0352. The molecule has 1 aliphatic rings. The van der Waals surface area contributed by atoms with Crippen molar-refractivity contribution < 1.29 is 26.7 Å². The topological polar surface area (TPSA) is 75.7 Å². The monoisotopic (exact) mass is 348 g/mol. The summed E-state index contributed by atoms with van der Waals surface area (Å²) in [5.41, 5.74) is 0.637. The van der Waals surface area contributed by atoms with Crippen LogP contribution in [0.25, 0.3) is 0 Å². The molecule has 1 fully saturated rings. The van der Waals surface area contributed by atoms with Gasteiger partial charge in [0.1, 0.15) is 5.75 Å². The molecule has 23 heavy (non-hydrogen) atoms. The number of carbonyl (C=O) groups is 1. The van der Waals surface area contributed by atoms with E-state index in [0.29, 0.717) is 18.7 Å². The number of carbonyl (C=O) groups excluding carboxylic acids is 1. The van der Waals surface area contributed by atoms with E-state index >= 15 is 0 Å². The average molecular weight is 348 g/mol. The van der Waals surface area contributed by atoms with E-state index in [1.807, 2.05) is 0 Å². The highest BCUT2D eigenvalue weighted by Crippen LogP contribution is 2.15. The maximum absolute atomic E-state index is 12.1. The maximum atomic E-state index is 12.1. The Morgan fingerprint density at radius 2 is 2.00 bits per heavy atom. The van der Waals surface area contributed by atoms with E-state index < -0.39 is 16.4 Å². The number of hydrogen-bond acceptors (Lipinski definition) is 5. The molecule has 0 saturated carbocycles. The largest absolute Gasteiger partial charge is 0.435 e. The second kappa shape index (κ2) is 7.69. The standard InChI is InChI=1S/C14H18F2N2O4S/c15-14(16)22-12-3-1-2-11(8-12)9-17-13(19)10-18-4-6-23(20,21)7-5-18/h1-3,8,14H,4-7,9-10H2,(H,17,19). The zero-order valence-corrected chi connectivity index (χ0v) is 13.2. The Labute approximate surface area is 133 Å². The van der Waals surface area contributed by atoms with Gasteiger partial charge in [-0.1, -0.05) is 12.1 Å². The lowest BCUT2D eigenvalue weighted by molar-refractivity contribution is -0.122. The third-order valence-electron chi connectivity index (χ3n) is 3.42. The van der Waals surface area contributed by atoms with E-state index in [4.69, 9.17) is 0 Å². The van der Waals surface area contributed by atoms with Crippen molar-refractivity contribution in [1.29, 1.82) is 0 Å². The van der Waals surface area contributed by atoms with Crippen molar-refractivity contribution >= 4 is 15.7 Å². The lowest BCUT2D eigenvalue weighted by atomic mass is 10.2. The Balaban J connectivity index is 1.78. The van der Waals surface area contributed by atoms with Crippen LogP contribution in [0.3, 0.4) is 0 Å². The summed E-state index contributed by atoms with van der Waals surface area (Å²) in [4.78, 5) is 13.6. The van der Waals surface area contributed by atoms with Gasteiger partial charge in [0.05, 0.1) is 18.1 Å². The van der Waals surface area contributed by atoms with Gasteiger partial charge in [0, 0.05) is 19.6 Å². The molecule has 6 nitrogen and oxygen atoms in total. The Morgan fingerprint density at radius 1 is 1.30 bits per heavy atom. The smallest absolute Gasteiger partial charge is 0.387 e. The molecule has 0 atom stereocenters. The van der Waals surface area contributed by atoms with Crippen LogP contribution in [0.5, 0.6) is 5.75 Å². The van der Waals surface area contributed by atoms with Crippen LogP contribution in [-0.4, -0.2) is 57.0 Å². The third kappa shape index (κ3) is 6.11. The molecule has 1 aromatic rings. The van der Waals surface area contributed by atoms with E-state index in [2.05, 4.69) is 10.1 Å². The molecule has 1 saturated heterocycles. The van der Waals surface area contributed by atoms with Crippen LogP contribution in [0.2, 0.25) is 0 Å². The summed E-state index contributed by atoms with van der Waals surface area (Å²) in [5, 5.41) is 2.67. The Kier molecular flexibility index (Phi) is 5.89. The number of nitrogens with zero attached hydrogens (tertiary/aromatic N) is 1. The molecule has 1 aromatic carbocycles. The minimum Gasteiger partial charge on any atom is -0.435 e. The first-order chi connectivity index (χ1) is 10.8. The van der Waals surface area contributed by atoms with E-state index in [1.165, 1.54) is 12.1 Å². The number of halogens is 2. The third-order valence-corrected chi connectivity index (χ3v) is 5.03. The van der Waals surface area contributed by atoms with Crippen molar-refractivity contribution in [3.63, 3.8) is 0 Å². The molecule has 0 aromatic heterocycles. The minimum atomic E-state index is -2.97. The molecule has 0 bridgehead atoms. The molecule has 0 unspecified atom stereocenters. The van der Waals surface area contributed by atoms with Gasteiger partial charge < -0.3 is 10.1 Å². The first kappa shape index (κ1) is 17.6. The molecule has 128 valence electrons. The second-order valence-electron chi connectivity index (χ2n) is 5.23. The van der Waals surface area contributed by atoms with Crippen molar-refractivity contribution in [3.05, 3.63) is 29.8 Å². The first-order valence-corrected chi connectivity index (χ1v) is 8.89. The van der Waals surface area contributed by atoms with Gasteiger partial charge in [0.2, 0.25) is 5.91 Å². The zero-order valence-electron chi connectivity index (χ0n) is 12.4. The van der Waals surface area contributed by atoms with E-state index in [1.54, 1.807) is 17.0 Å². The van der Waals surface area contributed by atoms with Gasteiger partial charge in [-0.2, -0.15) is 8.78 Å². The molecular weight excluding hydrogens is 330 g/mol. The number of sulfone groups is 1. The maximum Gasteiger partial charge on any atom is 0.387 e. The van der Waals surface area contributed by atoms with Gasteiger partial charge in [-0.05, 0) is 17.7 Å². The van der Waals surface area contributed by atoms with Crippen molar-refractivity contribution in [2.24, 2.45) is 0 Å². The number of benzene rings is 1. The molecule has 9 heteroatoms. The van der Waals surface area contributed by atoms with Crippen molar-refractivity contribution in [2.45, 2.75) is 13.2 Å². The van der Waals surface area contributed by atoms with Gasteiger partial charge in [-0.3, -0.25) is 9.69 Å². The van der Waals surface area contributed by atoms with E-state index in [0.717, 1.165) is 0 Å². The normalized spacial score (nSPS) is 17.9. The highest BCUT2D eigenvalue weighted by molar-refractivity contribution is 7.91. The fraction of sp³-hybridized carbons (Fsp3) is 0.500. The fourth-order valence-electron chi connectivity index (χ4n) is 2.20. The fourth-order valence-corrected chi connectivity index (χ4v) is 3.48. The van der Waals surface area contributed by atoms with Crippen LogP contribution in [0.1, 0.15) is 5.56 Å². The Bertz CT molecular complexity index is 638. The highest BCUT2D eigenvalue weighted by Gasteiger charge is 2.22. The molecule has 0 aliphatic carbocycles. The van der Waals surface area contributed by atoms with Gasteiger partial charge in [-0.15, -0.1) is 0 Å². The summed E-state index contributed by atoms with van der Waals surface area (Å²) < 4.78 is 51.2. The van der Waals surface area contributed by atoms with Crippen molar-refractivity contribution in [3.8, 4) is 5.75 Å². The van der Waals surface area contributed by atoms with Gasteiger partial charge in [-0.25, -0.2) is 8.42 Å². The number of ether oxygens (including phenoxy) is 1. The zero-order chi connectivity index (χ0) is 16.9. The van der Waals surface area contributed by atoms with Crippen LogP contribution in [0.15, 0.2) is 24.3 Å². The quantitative estimate of drug-likeness (QED) is 0.816. The van der Waals surface area contributed by atoms with Crippen LogP contribution >= 0.6 is 0 Å². The van der Waals surface area contributed by atoms with E-state index in [-0.39, 0.29) is 36.3 Å². The average Bonchev–Trinajstić information content (AvgIpc) is 2.47. The molecule has 1 heterocycles. The lowest BCUT2D eigenvalue weighted by Gasteiger charge is -2.25. The summed E-state index contributed by atoms with van der Waals surface area (Å²) in [5.74, 6) is -0.0851. The molecule has 2 rings (SSSR count). The number of nitrogens with one attached hydrogen (secondary N) is 1. The summed E-state index contributed by atoms with van der Waals surface area (Å²) in [6.07, 6.45) is 0. The SMILES string of the molecule is O=C(CN1CCS(=O)(=O)CC1)NCc1cccc(OC(F)F)c1.